The lowest BCUT2D eigenvalue weighted by molar-refractivity contribution is -0.151. The molecule has 0 saturated carbocycles. The molecule has 5 rings (SSSR count). The van der Waals surface area contributed by atoms with E-state index >= 15 is 0 Å². The molecule has 2 saturated heterocycles. The number of hydrogen-bond donors (Lipinski definition) is 3. The third-order valence-electron chi connectivity index (χ3n) is 8.02. The van der Waals surface area contributed by atoms with Crippen molar-refractivity contribution >= 4 is 23.8 Å². The number of likely N-dealkylation sites (tertiary alicyclic amines) is 1. The van der Waals surface area contributed by atoms with Crippen LogP contribution in [0.4, 0.5) is 0 Å². The van der Waals surface area contributed by atoms with Gasteiger partial charge in [0.05, 0.1) is 39.7 Å². The van der Waals surface area contributed by atoms with Crippen molar-refractivity contribution in [2.24, 2.45) is 11.8 Å². The number of esters is 1. The van der Waals surface area contributed by atoms with Crippen LogP contribution in [0.5, 0.6) is 17.2 Å². The van der Waals surface area contributed by atoms with Gasteiger partial charge >= 0.3 is 11.9 Å². The summed E-state index contributed by atoms with van der Waals surface area (Å²) >= 11 is 0. The Kier molecular flexibility index (Phi) is 7.61. The first-order valence-corrected chi connectivity index (χ1v) is 13.2. The largest absolute Gasteiger partial charge is 0.508 e. The van der Waals surface area contributed by atoms with Gasteiger partial charge in [-0.2, -0.15) is 0 Å². The van der Waals surface area contributed by atoms with Crippen molar-refractivity contribution < 1.29 is 43.6 Å². The molecule has 0 aliphatic carbocycles. The lowest BCUT2D eigenvalue weighted by Crippen LogP contribution is -2.57. The van der Waals surface area contributed by atoms with Gasteiger partial charge in [-0.3, -0.25) is 24.6 Å². The Hall–Kier alpha value is -4.90. The molecule has 2 aliphatic rings. The van der Waals surface area contributed by atoms with Crippen LogP contribution in [0.15, 0.2) is 66.7 Å². The average molecular weight is 575 g/mol. The summed E-state index contributed by atoms with van der Waals surface area (Å²) in [6, 6.07) is 16.7. The summed E-state index contributed by atoms with van der Waals surface area (Å²) in [6.07, 6.45) is -0.187. The second-order valence-electron chi connectivity index (χ2n) is 10.3. The van der Waals surface area contributed by atoms with Gasteiger partial charge in [0, 0.05) is 18.5 Å². The molecule has 218 valence electrons. The van der Waals surface area contributed by atoms with E-state index in [0.29, 0.717) is 11.1 Å². The Labute approximate surface area is 241 Å². The number of benzene rings is 3. The molecule has 4 atom stereocenters. The number of fused-ring (bicyclic) bond motifs is 1. The Morgan fingerprint density at radius 2 is 1.62 bits per heavy atom. The summed E-state index contributed by atoms with van der Waals surface area (Å²) in [6.45, 7) is -0.0432. The van der Waals surface area contributed by atoms with Crippen LogP contribution in [0.1, 0.15) is 33.1 Å². The van der Waals surface area contributed by atoms with Crippen LogP contribution in [0.3, 0.4) is 0 Å². The molecule has 2 amide bonds. The minimum atomic E-state index is -1.95. The van der Waals surface area contributed by atoms with Crippen molar-refractivity contribution in [1.82, 2.24) is 10.2 Å². The predicted molar refractivity (Wildman–Crippen MR) is 148 cm³/mol. The molecule has 4 unspecified atom stereocenters. The van der Waals surface area contributed by atoms with Gasteiger partial charge in [-0.05, 0) is 34.9 Å². The van der Waals surface area contributed by atoms with E-state index in [4.69, 9.17) is 14.2 Å². The fraction of sp³-hybridized carbons (Fsp3) is 0.290. The van der Waals surface area contributed by atoms with E-state index in [1.165, 1.54) is 45.6 Å². The lowest BCUT2D eigenvalue weighted by atomic mass is 9.76. The number of methoxy groups -OCH3 is 3. The van der Waals surface area contributed by atoms with Crippen molar-refractivity contribution in [2.75, 3.05) is 21.3 Å². The second-order valence-corrected chi connectivity index (χ2v) is 10.3. The number of phenols is 1. The number of imide groups is 1. The molecule has 11 nitrogen and oxygen atoms in total. The van der Waals surface area contributed by atoms with Crippen LogP contribution in [-0.2, 0) is 32.1 Å². The summed E-state index contributed by atoms with van der Waals surface area (Å²) in [7, 11) is 3.96. The van der Waals surface area contributed by atoms with Gasteiger partial charge in [-0.25, -0.2) is 4.79 Å². The molecule has 0 spiro atoms. The molecular weight excluding hydrogens is 544 g/mol. The smallest absolute Gasteiger partial charge is 0.341 e. The van der Waals surface area contributed by atoms with Gasteiger partial charge in [0.1, 0.15) is 28.4 Å². The first-order chi connectivity index (χ1) is 20.1. The minimum absolute atomic E-state index is 0.00869. The molecule has 3 N–H and O–H groups in total. The Balaban J connectivity index is 1.71. The highest BCUT2D eigenvalue weighted by atomic mass is 16.5. The van der Waals surface area contributed by atoms with E-state index in [2.05, 4.69) is 5.32 Å². The fourth-order valence-electron chi connectivity index (χ4n) is 6.08. The van der Waals surface area contributed by atoms with Crippen LogP contribution in [0, 0.1) is 11.8 Å². The number of amides is 2. The highest BCUT2D eigenvalue weighted by Crippen LogP contribution is 2.52. The number of rotatable bonds is 9. The third kappa shape index (κ3) is 4.71. The number of carbonyl (C=O) groups is 4. The molecule has 2 fully saturated rings. The Bertz CT molecular complexity index is 1540. The number of carboxylic acid groups (broad SMARTS) is 1. The topological polar surface area (TPSA) is 152 Å². The van der Waals surface area contributed by atoms with Crippen LogP contribution in [0.2, 0.25) is 0 Å². The molecule has 0 bridgehead atoms. The predicted octanol–water partition coefficient (Wildman–Crippen LogP) is 2.71. The van der Waals surface area contributed by atoms with Crippen molar-refractivity contribution in [3.63, 3.8) is 0 Å². The molecule has 0 radical (unpaired) electrons. The summed E-state index contributed by atoms with van der Waals surface area (Å²) in [4.78, 5) is 55.6. The number of carboxylic acids is 1. The molecule has 0 aromatic heterocycles. The SMILES string of the molecule is COC(=O)c1c(OC)cc(OC)cc1C1NC(Cc2ccc(O)cc2)(C(=O)O)C2C(=O)N(Cc3ccccc3)C(=O)C12. The Morgan fingerprint density at radius 3 is 2.21 bits per heavy atom. The molecule has 3 aromatic carbocycles. The van der Waals surface area contributed by atoms with Crippen molar-refractivity contribution in [3.8, 4) is 17.2 Å². The number of phenolic OH excluding ortho intramolecular Hbond substituents is 1. The Morgan fingerprint density at radius 1 is 0.929 bits per heavy atom. The molecule has 3 aromatic rings. The van der Waals surface area contributed by atoms with Crippen molar-refractivity contribution in [3.05, 3.63) is 89.0 Å². The fourth-order valence-corrected chi connectivity index (χ4v) is 6.08. The zero-order valence-corrected chi connectivity index (χ0v) is 23.2. The number of nitrogens with one attached hydrogen (secondary N) is 1. The van der Waals surface area contributed by atoms with Gasteiger partial charge in [-0.15, -0.1) is 0 Å². The van der Waals surface area contributed by atoms with Crippen LogP contribution >= 0.6 is 0 Å². The average Bonchev–Trinajstić information content (AvgIpc) is 3.47. The van der Waals surface area contributed by atoms with E-state index in [0.717, 1.165) is 4.90 Å². The van der Waals surface area contributed by atoms with Crippen molar-refractivity contribution in [1.29, 1.82) is 0 Å². The number of carbonyl (C=O) groups excluding carboxylic acids is 3. The number of hydrogen-bond acceptors (Lipinski definition) is 9. The first-order valence-electron chi connectivity index (χ1n) is 13.2. The van der Waals surface area contributed by atoms with E-state index in [-0.39, 0.29) is 41.3 Å². The van der Waals surface area contributed by atoms with Gasteiger partial charge in [0.25, 0.3) is 0 Å². The second kappa shape index (κ2) is 11.2. The van der Waals surface area contributed by atoms with Crippen LogP contribution in [0.25, 0.3) is 0 Å². The van der Waals surface area contributed by atoms with Gasteiger partial charge in [0.15, 0.2) is 0 Å². The third-order valence-corrected chi connectivity index (χ3v) is 8.02. The highest BCUT2D eigenvalue weighted by molar-refractivity contribution is 6.10. The van der Waals surface area contributed by atoms with Gasteiger partial charge < -0.3 is 24.4 Å². The van der Waals surface area contributed by atoms with Crippen LogP contribution in [-0.4, -0.2) is 65.7 Å². The maximum absolute atomic E-state index is 14.1. The van der Waals surface area contributed by atoms with Crippen LogP contribution < -0.4 is 14.8 Å². The molecule has 11 heteroatoms. The number of ether oxygens (including phenoxy) is 3. The van der Waals surface area contributed by atoms with E-state index in [9.17, 15) is 29.4 Å². The summed E-state index contributed by atoms with van der Waals surface area (Å²) in [5.41, 5.74) is -0.565. The standard InChI is InChI=1S/C31H30N2O9/c1-40-20-13-21(23(29(37)42-3)22(14-20)41-2)26-24-25(28(36)33(27(24)35)16-18-7-5-4-6-8-18)31(32-26,30(38)39)15-17-9-11-19(34)12-10-17/h4-14,24-26,32,34H,15-16H2,1-3H3,(H,38,39). The van der Waals surface area contributed by atoms with E-state index < -0.39 is 47.2 Å². The summed E-state index contributed by atoms with van der Waals surface area (Å²) < 4.78 is 15.9. The maximum atomic E-state index is 14.1. The normalized spacial score (nSPS) is 23.0. The first kappa shape index (κ1) is 28.6. The monoisotopic (exact) mass is 574 g/mol. The van der Waals surface area contributed by atoms with Gasteiger partial charge in [0.2, 0.25) is 11.8 Å². The highest BCUT2D eigenvalue weighted by Gasteiger charge is 2.68. The molecule has 2 aliphatic heterocycles. The lowest BCUT2D eigenvalue weighted by Gasteiger charge is -2.31. The van der Waals surface area contributed by atoms with E-state index in [1.807, 2.05) is 6.07 Å². The number of aliphatic carboxylic acids is 1. The molecule has 42 heavy (non-hydrogen) atoms. The van der Waals surface area contributed by atoms with Crippen molar-refractivity contribution in [2.45, 2.75) is 24.5 Å². The minimum Gasteiger partial charge on any atom is -0.508 e. The number of nitrogens with zero attached hydrogens (tertiary/aromatic N) is 1. The molecule has 2 heterocycles. The summed E-state index contributed by atoms with van der Waals surface area (Å²) in [5.74, 6) is -5.46. The quantitative estimate of drug-likeness (QED) is 0.257. The van der Waals surface area contributed by atoms with Gasteiger partial charge in [-0.1, -0.05) is 42.5 Å². The summed E-state index contributed by atoms with van der Waals surface area (Å²) in [5, 5.41) is 23.6. The maximum Gasteiger partial charge on any atom is 0.341 e. The zero-order valence-electron chi connectivity index (χ0n) is 23.2. The zero-order chi connectivity index (χ0) is 30.2. The molecular formula is C31H30N2O9. The number of aromatic hydroxyl groups is 1. The van der Waals surface area contributed by atoms with E-state index in [1.54, 1.807) is 36.4 Å².